The second-order valence-electron chi connectivity index (χ2n) is 4.18. The van der Waals surface area contributed by atoms with Gasteiger partial charge in [-0.15, -0.1) is 0 Å². The summed E-state index contributed by atoms with van der Waals surface area (Å²) in [5, 5.41) is 3.38. The van der Waals surface area contributed by atoms with Gasteiger partial charge in [-0.1, -0.05) is 20.8 Å². The smallest absolute Gasteiger partial charge is 0.0700 e. The molecule has 92 valence electrons. The van der Waals surface area contributed by atoms with Crippen LogP contribution in [0.3, 0.4) is 0 Å². The Hall–Kier alpha value is -0.120. The highest BCUT2D eigenvalue weighted by Crippen LogP contribution is 1.88. The summed E-state index contributed by atoms with van der Waals surface area (Å²) in [7, 11) is 0. The molecule has 0 aromatic heterocycles. The summed E-state index contributed by atoms with van der Waals surface area (Å²) in [4.78, 5) is 0. The van der Waals surface area contributed by atoms with Crippen molar-refractivity contribution in [3.63, 3.8) is 0 Å². The summed E-state index contributed by atoms with van der Waals surface area (Å²) in [5.41, 5.74) is 0. The van der Waals surface area contributed by atoms with Gasteiger partial charge >= 0.3 is 0 Å². The fraction of sp³-hybridized carbons (Fsp3) is 1.00. The molecular weight excluding hydrogens is 190 g/mol. The fourth-order valence-electron chi connectivity index (χ4n) is 1.16. The van der Waals surface area contributed by atoms with Gasteiger partial charge in [0.15, 0.2) is 0 Å². The van der Waals surface area contributed by atoms with Gasteiger partial charge < -0.3 is 14.8 Å². The highest BCUT2D eigenvalue weighted by atomic mass is 16.5. The van der Waals surface area contributed by atoms with Crippen LogP contribution in [0.15, 0.2) is 0 Å². The first-order chi connectivity index (χ1) is 7.27. The van der Waals surface area contributed by atoms with Crippen molar-refractivity contribution in [2.45, 2.75) is 33.6 Å². The maximum atomic E-state index is 5.42. The molecule has 0 atom stereocenters. The second-order valence-corrected chi connectivity index (χ2v) is 4.18. The zero-order valence-corrected chi connectivity index (χ0v) is 10.6. The SMILES string of the molecule is CCCOCCOCCCNCC(C)C. The molecule has 0 saturated carbocycles. The monoisotopic (exact) mass is 217 g/mol. The van der Waals surface area contributed by atoms with Gasteiger partial charge in [0.05, 0.1) is 13.2 Å². The molecule has 0 unspecified atom stereocenters. The van der Waals surface area contributed by atoms with Gasteiger partial charge in [0, 0.05) is 13.2 Å². The molecule has 0 aliphatic carbocycles. The molecule has 0 rings (SSSR count). The maximum Gasteiger partial charge on any atom is 0.0700 e. The highest BCUT2D eigenvalue weighted by molar-refractivity contribution is 4.50. The topological polar surface area (TPSA) is 30.5 Å². The molecular formula is C12H27NO2. The standard InChI is InChI=1S/C12H27NO2/c1-4-7-14-9-10-15-8-5-6-13-11-12(2)3/h12-13H,4-11H2,1-3H3. The second kappa shape index (κ2) is 12.0. The van der Waals surface area contributed by atoms with E-state index in [1.54, 1.807) is 0 Å². The third kappa shape index (κ3) is 13.9. The molecule has 0 aliphatic heterocycles. The van der Waals surface area contributed by atoms with Gasteiger partial charge in [-0.2, -0.15) is 0 Å². The molecule has 0 aliphatic rings. The Labute approximate surface area is 94.5 Å². The van der Waals surface area contributed by atoms with Crippen LogP contribution in [0, 0.1) is 5.92 Å². The van der Waals surface area contributed by atoms with E-state index < -0.39 is 0 Å². The van der Waals surface area contributed by atoms with E-state index in [9.17, 15) is 0 Å². The Morgan fingerprint density at radius 3 is 2.27 bits per heavy atom. The predicted molar refractivity (Wildman–Crippen MR) is 64.3 cm³/mol. The van der Waals surface area contributed by atoms with Gasteiger partial charge in [-0.25, -0.2) is 0 Å². The lowest BCUT2D eigenvalue weighted by atomic mass is 10.2. The first kappa shape index (κ1) is 14.9. The molecule has 15 heavy (non-hydrogen) atoms. The molecule has 0 fully saturated rings. The lowest BCUT2D eigenvalue weighted by molar-refractivity contribution is 0.0472. The summed E-state index contributed by atoms with van der Waals surface area (Å²) in [6, 6.07) is 0. The lowest BCUT2D eigenvalue weighted by Gasteiger charge is -2.07. The largest absolute Gasteiger partial charge is 0.379 e. The Kier molecular flexibility index (Phi) is 11.9. The van der Waals surface area contributed by atoms with Crippen molar-refractivity contribution in [1.29, 1.82) is 0 Å². The first-order valence-corrected chi connectivity index (χ1v) is 6.13. The molecule has 1 N–H and O–H groups in total. The van der Waals surface area contributed by atoms with Gasteiger partial charge in [0.2, 0.25) is 0 Å². The number of hydrogen-bond donors (Lipinski definition) is 1. The van der Waals surface area contributed by atoms with Gasteiger partial charge in [0.25, 0.3) is 0 Å². The molecule has 0 radical (unpaired) electrons. The van der Waals surface area contributed by atoms with Crippen LogP contribution < -0.4 is 5.32 Å². The molecule has 3 nitrogen and oxygen atoms in total. The van der Waals surface area contributed by atoms with Gasteiger partial charge in [-0.3, -0.25) is 0 Å². The van der Waals surface area contributed by atoms with Crippen LogP contribution in [0.5, 0.6) is 0 Å². The van der Waals surface area contributed by atoms with Gasteiger partial charge in [-0.05, 0) is 31.8 Å². The van der Waals surface area contributed by atoms with Crippen LogP contribution in [0.4, 0.5) is 0 Å². The Morgan fingerprint density at radius 2 is 1.67 bits per heavy atom. The summed E-state index contributed by atoms with van der Waals surface area (Å²) < 4.78 is 10.7. The molecule has 0 aromatic rings. The summed E-state index contributed by atoms with van der Waals surface area (Å²) >= 11 is 0. The third-order valence-corrected chi connectivity index (χ3v) is 1.92. The van der Waals surface area contributed by atoms with E-state index in [0.29, 0.717) is 0 Å². The molecule has 0 aromatic carbocycles. The molecule has 0 saturated heterocycles. The van der Waals surface area contributed by atoms with E-state index in [4.69, 9.17) is 9.47 Å². The van der Waals surface area contributed by atoms with E-state index in [-0.39, 0.29) is 0 Å². The van der Waals surface area contributed by atoms with E-state index in [2.05, 4.69) is 26.1 Å². The average Bonchev–Trinajstić information content (AvgIpc) is 2.20. The number of ether oxygens (including phenoxy) is 2. The Morgan fingerprint density at radius 1 is 1.00 bits per heavy atom. The quantitative estimate of drug-likeness (QED) is 0.537. The van der Waals surface area contributed by atoms with Crippen LogP contribution in [0.25, 0.3) is 0 Å². The van der Waals surface area contributed by atoms with Gasteiger partial charge in [0.1, 0.15) is 0 Å². The van der Waals surface area contributed by atoms with E-state index in [0.717, 1.165) is 58.3 Å². The first-order valence-electron chi connectivity index (χ1n) is 6.13. The predicted octanol–water partition coefficient (Wildman–Crippen LogP) is 2.07. The van der Waals surface area contributed by atoms with Crippen molar-refractivity contribution >= 4 is 0 Å². The number of rotatable bonds is 11. The maximum absolute atomic E-state index is 5.42. The summed E-state index contributed by atoms with van der Waals surface area (Å²) in [6.07, 6.45) is 2.17. The Balaban J connectivity index is 2.87. The zero-order valence-electron chi connectivity index (χ0n) is 10.6. The van der Waals surface area contributed by atoms with Crippen molar-refractivity contribution in [3.05, 3.63) is 0 Å². The lowest BCUT2D eigenvalue weighted by Crippen LogP contribution is -2.21. The zero-order chi connectivity index (χ0) is 11.4. The minimum absolute atomic E-state index is 0.726. The van der Waals surface area contributed by atoms with Crippen molar-refractivity contribution in [1.82, 2.24) is 5.32 Å². The fourth-order valence-corrected chi connectivity index (χ4v) is 1.16. The van der Waals surface area contributed by atoms with E-state index in [1.165, 1.54) is 0 Å². The third-order valence-electron chi connectivity index (χ3n) is 1.92. The average molecular weight is 217 g/mol. The molecule has 0 spiro atoms. The minimum atomic E-state index is 0.726. The van der Waals surface area contributed by atoms with E-state index in [1.807, 2.05) is 0 Å². The normalized spacial score (nSPS) is 11.2. The molecule has 0 bridgehead atoms. The van der Waals surface area contributed by atoms with Crippen molar-refractivity contribution in [2.75, 3.05) is 39.5 Å². The van der Waals surface area contributed by atoms with Crippen LogP contribution >= 0.6 is 0 Å². The van der Waals surface area contributed by atoms with Crippen molar-refractivity contribution < 1.29 is 9.47 Å². The van der Waals surface area contributed by atoms with E-state index >= 15 is 0 Å². The number of nitrogens with one attached hydrogen (secondary N) is 1. The minimum Gasteiger partial charge on any atom is -0.379 e. The van der Waals surface area contributed by atoms with Crippen LogP contribution in [-0.2, 0) is 9.47 Å². The molecule has 0 heterocycles. The summed E-state index contributed by atoms with van der Waals surface area (Å²) in [5.74, 6) is 0.730. The summed E-state index contributed by atoms with van der Waals surface area (Å²) in [6.45, 7) is 11.8. The van der Waals surface area contributed by atoms with Crippen molar-refractivity contribution in [3.8, 4) is 0 Å². The Bertz CT molecular complexity index is 118. The highest BCUT2D eigenvalue weighted by Gasteiger charge is 1.93. The molecule has 0 amide bonds. The van der Waals surface area contributed by atoms with Crippen LogP contribution in [-0.4, -0.2) is 39.5 Å². The molecule has 3 heteroatoms. The van der Waals surface area contributed by atoms with Crippen molar-refractivity contribution in [2.24, 2.45) is 5.92 Å². The van der Waals surface area contributed by atoms with Crippen LogP contribution in [0.2, 0.25) is 0 Å². The number of hydrogen-bond acceptors (Lipinski definition) is 3. The van der Waals surface area contributed by atoms with Crippen LogP contribution in [0.1, 0.15) is 33.6 Å².